The van der Waals surface area contributed by atoms with Crippen molar-refractivity contribution in [3.05, 3.63) is 78.5 Å². The van der Waals surface area contributed by atoms with Gasteiger partial charge >= 0.3 is 0 Å². The molecule has 0 amide bonds. The third-order valence-corrected chi connectivity index (χ3v) is 3.47. The lowest BCUT2D eigenvalue weighted by atomic mass is 10.1. The number of nitrogens with zero attached hydrogens (tertiary/aromatic N) is 2. The van der Waals surface area contributed by atoms with Gasteiger partial charge in [0.15, 0.2) is 0 Å². The summed E-state index contributed by atoms with van der Waals surface area (Å²) in [4.78, 5) is 9.29. The molecule has 2 heteroatoms. The average Bonchev–Trinajstić information content (AvgIpc) is 2.56. The van der Waals surface area contributed by atoms with Gasteiger partial charge in [-0.05, 0) is 18.6 Å². The minimum atomic E-state index is 0.879. The topological polar surface area (TPSA) is 25.2 Å². The van der Waals surface area contributed by atoms with Crippen molar-refractivity contribution in [2.75, 3.05) is 0 Å². The molecule has 0 spiro atoms. The molecule has 0 radical (unpaired) electrons. The summed E-state index contributed by atoms with van der Waals surface area (Å²) >= 11 is 0. The van der Waals surface area contributed by atoms with Crippen molar-refractivity contribution in [2.24, 2.45) is 4.99 Å². The molecule has 0 fully saturated rings. The third-order valence-electron chi connectivity index (χ3n) is 3.47. The SMILES string of the molecule is C=Cc1ccc2cccnc2c1N=C(C)c1ccccc1. The van der Waals surface area contributed by atoms with Crippen LogP contribution in [0.2, 0.25) is 0 Å². The number of benzene rings is 2. The predicted octanol–water partition coefficient (Wildman–Crippen LogP) is 5.02. The molecule has 0 unspecified atom stereocenters. The molecule has 0 aliphatic heterocycles. The number of aromatic nitrogens is 1. The van der Waals surface area contributed by atoms with Crippen molar-refractivity contribution in [1.29, 1.82) is 0 Å². The van der Waals surface area contributed by atoms with Crippen molar-refractivity contribution >= 4 is 28.4 Å². The Morgan fingerprint density at radius 1 is 1.05 bits per heavy atom. The van der Waals surface area contributed by atoms with Gasteiger partial charge in [-0.2, -0.15) is 0 Å². The predicted molar refractivity (Wildman–Crippen MR) is 90.1 cm³/mol. The Morgan fingerprint density at radius 2 is 1.86 bits per heavy atom. The zero-order valence-electron chi connectivity index (χ0n) is 12.0. The van der Waals surface area contributed by atoms with Gasteiger partial charge in [-0.1, -0.05) is 61.2 Å². The first kappa shape index (κ1) is 13.3. The first-order valence-corrected chi connectivity index (χ1v) is 6.90. The molecule has 0 bridgehead atoms. The van der Waals surface area contributed by atoms with Crippen molar-refractivity contribution in [3.8, 4) is 0 Å². The Morgan fingerprint density at radius 3 is 2.62 bits per heavy atom. The van der Waals surface area contributed by atoms with Crippen LogP contribution >= 0.6 is 0 Å². The summed E-state index contributed by atoms with van der Waals surface area (Å²) in [5.74, 6) is 0. The van der Waals surface area contributed by atoms with E-state index in [-0.39, 0.29) is 0 Å². The van der Waals surface area contributed by atoms with Crippen LogP contribution in [-0.4, -0.2) is 10.7 Å². The summed E-state index contributed by atoms with van der Waals surface area (Å²) in [5, 5.41) is 1.09. The molecule has 3 aromatic rings. The summed E-state index contributed by atoms with van der Waals surface area (Å²) in [6.45, 7) is 5.90. The molecule has 1 aromatic heterocycles. The minimum absolute atomic E-state index is 0.879. The van der Waals surface area contributed by atoms with E-state index < -0.39 is 0 Å². The van der Waals surface area contributed by atoms with E-state index in [2.05, 4.69) is 29.8 Å². The number of aliphatic imine (C=N–C) groups is 1. The maximum Gasteiger partial charge on any atom is 0.0967 e. The molecule has 0 N–H and O–H groups in total. The van der Waals surface area contributed by atoms with E-state index in [1.807, 2.05) is 49.4 Å². The fourth-order valence-electron chi connectivity index (χ4n) is 2.34. The molecule has 2 nitrogen and oxygen atoms in total. The van der Waals surface area contributed by atoms with Crippen LogP contribution in [-0.2, 0) is 0 Å². The summed E-state index contributed by atoms with van der Waals surface area (Å²) in [6, 6.07) is 18.2. The normalized spacial score (nSPS) is 11.6. The standard InChI is InChI=1S/C19H16N2/c1-3-15-11-12-17-10-7-13-20-18(17)19(15)21-14(2)16-8-5-4-6-9-16/h3-13H,1H2,2H3. The van der Waals surface area contributed by atoms with E-state index in [0.717, 1.165) is 33.4 Å². The quantitative estimate of drug-likeness (QED) is 0.615. The monoisotopic (exact) mass is 272 g/mol. The maximum atomic E-state index is 4.81. The van der Waals surface area contributed by atoms with Crippen molar-refractivity contribution < 1.29 is 0 Å². The summed E-state index contributed by atoms with van der Waals surface area (Å²) < 4.78 is 0. The minimum Gasteiger partial charge on any atom is -0.254 e. The van der Waals surface area contributed by atoms with Gasteiger partial charge in [0.1, 0.15) is 0 Å². The Hall–Kier alpha value is -2.74. The van der Waals surface area contributed by atoms with Gasteiger partial charge in [0.25, 0.3) is 0 Å². The van der Waals surface area contributed by atoms with Crippen LogP contribution in [0.15, 0.2) is 72.4 Å². The number of fused-ring (bicyclic) bond motifs is 1. The largest absolute Gasteiger partial charge is 0.254 e. The van der Waals surface area contributed by atoms with Crippen LogP contribution in [0.5, 0.6) is 0 Å². The fraction of sp³-hybridized carbons (Fsp3) is 0.0526. The number of pyridine rings is 1. The van der Waals surface area contributed by atoms with E-state index in [1.54, 1.807) is 6.20 Å². The second-order valence-corrected chi connectivity index (χ2v) is 4.85. The Kier molecular flexibility index (Phi) is 3.61. The van der Waals surface area contributed by atoms with E-state index in [4.69, 9.17) is 4.99 Å². The van der Waals surface area contributed by atoms with Gasteiger partial charge in [-0.25, -0.2) is 0 Å². The van der Waals surface area contributed by atoms with Crippen LogP contribution in [0.3, 0.4) is 0 Å². The summed E-state index contributed by atoms with van der Waals surface area (Å²) in [5.41, 5.74) is 4.86. The van der Waals surface area contributed by atoms with E-state index in [9.17, 15) is 0 Å². The zero-order chi connectivity index (χ0) is 14.7. The van der Waals surface area contributed by atoms with E-state index in [0.29, 0.717) is 0 Å². The molecular weight excluding hydrogens is 256 g/mol. The highest BCUT2D eigenvalue weighted by Gasteiger charge is 2.07. The molecule has 21 heavy (non-hydrogen) atoms. The average molecular weight is 272 g/mol. The molecule has 0 aliphatic rings. The molecule has 3 rings (SSSR count). The number of rotatable bonds is 3. The molecule has 0 saturated heterocycles. The Bertz CT molecular complexity index is 817. The fourth-order valence-corrected chi connectivity index (χ4v) is 2.34. The van der Waals surface area contributed by atoms with E-state index >= 15 is 0 Å². The molecule has 0 saturated carbocycles. The summed E-state index contributed by atoms with van der Waals surface area (Å²) in [7, 11) is 0. The highest BCUT2D eigenvalue weighted by molar-refractivity contribution is 6.03. The lowest BCUT2D eigenvalue weighted by molar-refractivity contribution is 1.38. The summed E-state index contributed by atoms with van der Waals surface area (Å²) in [6.07, 6.45) is 3.62. The second-order valence-electron chi connectivity index (χ2n) is 4.85. The number of hydrogen-bond donors (Lipinski definition) is 0. The van der Waals surface area contributed by atoms with Gasteiger partial charge in [0.2, 0.25) is 0 Å². The second kappa shape index (κ2) is 5.71. The van der Waals surface area contributed by atoms with Crippen LogP contribution in [0, 0.1) is 0 Å². The smallest absolute Gasteiger partial charge is 0.0967 e. The molecule has 1 heterocycles. The van der Waals surface area contributed by atoms with Crippen molar-refractivity contribution in [2.45, 2.75) is 6.92 Å². The van der Waals surface area contributed by atoms with Crippen molar-refractivity contribution in [3.63, 3.8) is 0 Å². The van der Waals surface area contributed by atoms with Gasteiger partial charge in [-0.15, -0.1) is 0 Å². The lowest BCUT2D eigenvalue weighted by Gasteiger charge is -2.07. The Labute approximate surface area is 124 Å². The van der Waals surface area contributed by atoms with Gasteiger partial charge < -0.3 is 0 Å². The highest BCUT2D eigenvalue weighted by Crippen LogP contribution is 2.30. The van der Waals surface area contributed by atoms with Crippen LogP contribution in [0.25, 0.3) is 17.0 Å². The molecule has 0 aliphatic carbocycles. The first-order chi connectivity index (χ1) is 10.3. The van der Waals surface area contributed by atoms with Crippen LogP contribution in [0.4, 0.5) is 5.69 Å². The molecule has 102 valence electrons. The van der Waals surface area contributed by atoms with Gasteiger partial charge in [0, 0.05) is 22.9 Å². The maximum absolute atomic E-state index is 4.81. The van der Waals surface area contributed by atoms with Crippen LogP contribution < -0.4 is 0 Å². The zero-order valence-corrected chi connectivity index (χ0v) is 12.0. The van der Waals surface area contributed by atoms with Crippen molar-refractivity contribution in [1.82, 2.24) is 4.98 Å². The lowest BCUT2D eigenvalue weighted by Crippen LogP contribution is -1.94. The van der Waals surface area contributed by atoms with Crippen LogP contribution in [0.1, 0.15) is 18.1 Å². The molecule has 2 aromatic carbocycles. The third kappa shape index (κ3) is 2.61. The van der Waals surface area contributed by atoms with Gasteiger partial charge in [0.05, 0.1) is 11.2 Å². The first-order valence-electron chi connectivity index (χ1n) is 6.90. The molecular formula is C19H16N2. The molecule has 0 atom stereocenters. The highest BCUT2D eigenvalue weighted by atomic mass is 14.8. The number of hydrogen-bond acceptors (Lipinski definition) is 2. The van der Waals surface area contributed by atoms with Gasteiger partial charge in [-0.3, -0.25) is 9.98 Å². The Balaban J connectivity index is 2.21. The van der Waals surface area contributed by atoms with E-state index in [1.165, 1.54) is 0 Å².